The third-order valence-corrected chi connectivity index (χ3v) is 13.8. The quantitative estimate of drug-likeness (QED) is 0.160. The van der Waals surface area contributed by atoms with Gasteiger partial charge in [0.15, 0.2) is 0 Å². The Kier molecular flexibility index (Phi) is 10.8. The van der Waals surface area contributed by atoms with Gasteiger partial charge < -0.3 is 14.5 Å². The van der Waals surface area contributed by atoms with Crippen LogP contribution in [0.3, 0.4) is 0 Å². The summed E-state index contributed by atoms with van der Waals surface area (Å²) < 4.78 is 9.40. The summed E-state index contributed by atoms with van der Waals surface area (Å²) in [7, 11) is 0. The first-order chi connectivity index (χ1) is 31.0. The van der Waals surface area contributed by atoms with Crippen LogP contribution in [0.5, 0.6) is 11.5 Å². The predicted molar refractivity (Wildman–Crippen MR) is 280 cm³/mol. The lowest BCUT2D eigenvalue weighted by molar-refractivity contribution is 0.479. The summed E-state index contributed by atoms with van der Waals surface area (Å²) >= 11 is 0. The molecule has 0 amide bonds. The second kappa shape index (κ2) is 15.9. The van der Waals surface area contributed by atoms with Gasteiger partial charge in [-0.05, 0) is 128 Å². The van der Waals surface area contributed by atoms with Gasteiger partial charge in [0, 0.05) is 45.9 Å². The molecular formula is C61H68N4O. The summed E-state index contributed by atoms with van der Waals surface area (Å²) in [4.78, 5) is 9.95. The van der Waals surface area contributed by atoms with Gasteiger partial charge in [-0.2, -0.15) is 0 Å². The minimum absolute atomic E-state index is 0.00778. The second-order valence-corrected chi connectivity index (χ2v) is 23.2. The molecule has 0 radical (unpaired) electrons. The topological polar surface area (TPSA) is 33.5 Å². The third-order valence-electron chi connectivity index (χ3n) is 13.8. The largest absolute Gasteiger partial charge is 0.457 e. The van der Waals surface area contributed by atoms with Crippen molar-refractivity contribution in [2.75, 3.05) is 16.5 Å². The van der Waals surface area contributed by atoms with Crippen LogP contribution in [-0.4, -0.2) is 16.2 Å². The van der Waals surface area contributed by atoms with E-state index in [1.807, 2.05) is 6.20 Å². The molecule has 8 aromatic rings. The molecule has 2 aromatic heterocycles. The molecule has 0 saturated carbocycles. The van der Waals surface area contributed by atoms with Crippen molar-refractivity contribution in [2.45, 2.75) is 124 Å². The maximum absolute atomic E-state index is 7.08. The van der Waals surface area contributed by atoms with E-state index in [9.17, 15) is 0 Å². The van der Waals surface area contributed by atoms with Gasteiger partial charge in [0.05, 0.1) is 22.4 Å². The zero-order valence-electron chi connectivity index (χ0n) is 41.8. The van der Waals surface area contributed by atoms with Crippen LogP contribution in [0.1, 0.15) is 130 Å². The van der Waals surface area contributed by atoms with E-state index in [2.05, 4.69) is 251 Å². The Morgan fingerprint density at radius 1 is 0.409 bits per heavy atom. The Labute approximate surface area is 394 Å². The van der Waals surface area contributed by atoms with Crippen molar-refractivity contribution in [3.05, 3.63) is 179 Å². The zero-order chi connectivity index (χ0) is 47.1. The molecule has 1 aliphatic rings. The number of anilines is 4. The Hall–Kier alpha value is -6.33. The maximum atomic E-state index is 7.08. The maximum Gasteiger partial charge on any atom is 0.137 e. The Balaban J connectivity index is 1.18. The van der Waals surface area contributed by atoms with Crippen LogP contribution >= 0.6 is 0 Å². The summed E-state index contributed by atoms with van der Waals surface area (Å²) in [5.41, 5.74) is 14.2. The number of hydrogen-bond donors (Lipinski definition) is 0. The fourth-order valence-corrected chi connectivity index (χ4v) is 9.41. The summed E-state index contributed by atoms with van der Waals surface area (Å²) in [6, 6.07) is 51.6. The molecule has 0 atom stereocenters. The molecule has 6 aromatic carbocycles. The molecule has 9 rings (SSSR count). The predicted octanol–water partition coefficient (Wildman–Crippen LogP) is 16.7. The molecule has 3 heterocycles. The van der Waals surface area contributed by atoms with Gasteiger partial charge in [-0.1, -0.05) is 152 Å². The normalized spacial score (nSPS) is 13.8. The fraction of sp³-hybridized carbons (Fsp3) is 0.328. The minimum atomic E-state index is -0.190. The van der Waals surface area contributed by atoms with Gasteiger partial charge >= 0.3 is 0 Å². The third kappa shape index (κ3) is 8.38. The first kappa shape index (κ1) is 44.9. The highest BCUT2D eigenvalue weighted by Gasteiger charge is 2.32. The second-order valence-electron chi connectivity index (χ2n) is 23.2. The molecule has 0 bridgehead atoms. The van der Waals surface area contributed by atoms with Crippen molar-refractivity contribution in [1.82, 2.24) is 9.55 Å². The average molecular weight is 873 g/mol. The van der Waals surface area contributed by atoms with Crippen LogP contribution in [0.25, 0.3) is 27.6 Å². The molecule has 0 N–H and O–H groups in total. The summed E-state index contributed by atoms with van der Waals surface area (Å²) in [6.07, 6.45) is 1.95. The highest BCUT2D eigenvalue weighted by molar-refractivity contribution is 6.10. The van der Waals surface area contributed by atoms with E-state index in [1.165, 1.54) is 55.8 Å². The molecule has 1 aliphatic heterocycles. The van der Waals surface area contributed by atoms with E-state index < -0.39 is 0 Å². The highest BCUT2D eigenvalue weighted by atomic mass is 16.5. The fourth-order valence-electron chi connectivity index (χ4n) is 9.41. The molecule has 0 spiro atoms. The first-order valence-corrected chi connectivity index (χ1v) is 23.7. The minimum Gasteiger partial charge on any atom is -0.457 e. The van der Waals surface area contributed by atoms with Gasteiger partial charge in [0.25, 0.3) is 0 Å². The number of rotatable bonds is 7. The molecule has 338 valence electrons. The molecule has 66 heavy (non-hydrogen) atoms. The lowest BCUT2D eigenvalue weighted by Crippen LogP contribution is -2.25. The summed E-state index contributed by atoms with van der Waals surface area (Å²) in [5, 5.41) is 2.35. The number of nitrogens with zero attached hydrogens (tertiary/aromatic N) is 4. The van der Waals surface area contributed by atoms with Crippen molar-refractivity contribution in [3.63, 3.8) is 0 Å². The van der Waals surface area contributed by atoms with Crippen LogP contribution in [0.15, 0.2) is 146 Å². The van der Waals surface area contributed by atoms with Crippen LogP contribution in [-0.2, 0) is 27.1 Å². The highest BCUT2D eigenvalue weighted by Crippen LogP contribution is 2.48. The summed E-state index contributed by atoms with van der Waals surface area (Å²) in [5.74, 6) is 2.48. The van der Waals surface area contributed by atoms with Gasteiger partial charge in [0.2, 0.25) is 0 Å². The number of ether oxygens (including phenoxy) is 1. The zero-order valence-corrected chi connectivity index (χ0v) is 41.8. The standard InChI is InChI=1S/C61H68N4O/c1-57(2,3)41-21-18-22-46(31-41)63-39-64(55-35-42(58(4,5)6)23-28-53(55)63)47-32-45(60(10,11)12)33-49(37-47)66-48-25-26-50-51-34-44(61(13,14)40-19-16-15-17-20-40)24-27-52(51)65(54(50)38-48)56-36-43(29-30-62-56)59(7,8)9/h15-38H,39H2,1-14H3. The van der Waals surface area contributed by atoms with Crippen molar-refractivity contribution in [3.8, 4) is 17.3 Å². The van der Waals surface area contributed by atoms with Crippen molar-refractivity contribution in [1.29, 1.82) is 0 Å². The van der Waals surface area contributed by atoms with Gasteiger partial charge in [-0.15, -0.1) is 0 Å². The SMILES string of the molecule is CC(C)(C)c1cccc(N2CN(c3cc(Oc4ccc5c6cc(C(C)(C)c7ccccc7)ccc6n(-c6cc(C(C)(C)C)ccn6)c5c4)cc(C(C)(C)C)c3)c3cc(C(C)(C)C)ccc32)c1. The van der Waals surface area contributed by atoms with E-state index in [0.29, 0.717) is 6.67 Å². The molecule has 5 heteroatoms. The Bertz CT molecular complexity index is 3110. The number of aromatic nitrogens is 2. The Morgan fingerprint density at radius 2 is 1.03 bits per heavy atom. The van der Waals surface area contributed by atoms with E-state index in [0.717, 1.165) is 39.4 Å². The molecule has 5 nitrogen and oxygen atoms in total. The Morgan fingerprint density at radius 3 is 1.73 bits per heavy atom. The number of pyridine rings is 1. The molecule has 0 fully saturated rings. The summed E-state index contributed by atoms with van der Waals surface area (Å²) in [6.45, 7) is 32.7. The number of fused-ring (bicyclic) bond motifs is 4. The number of benzene rings is 6. The average Bonchev–Trinajstić information content (AvgIpc) is 3.81. The molecule has 0 unspecified atom stereocenters. The van der Waals surface area contributed by atoms with Crippen LogP contribution in [0, 0.1) is 0 Å². The van der Waals surface area contributed by atoms with Crippen LogP contribution in [0.2, 0.25) is 0 Å². The molecular weight excluding hydrogens is 805 g/mol. The lowest BCUT2D eigenvalue weighted by atomic mass is 9.78. The lowest BCUT2D eigenvalue weighted by Gasteiger charge is -2.27. The van der Waals surface area contributed by atoms with Crippen LogP contribution in [0.4, 0.5) is 22.7 Å². The van der Waals surface area contributed by atoms with Gasteiger partial charge in [-0.25, -0.2) is 4.98 Å². The van der Waals surface area contributed by atoms with E-state index in [4.69, 9.17) is 9.72 Å². The van der Waals surface area contributed by atoms with E-state index in [-0.39, 0.29) is 27.1 Å². The monoisotopic (exact) mass is 873 g/mol. The smallest absolute Gasteiger partial charge is 0.137 e. The van der Waals surface area contributed by atoms with E-state index >= 15 is 0 Å². The number of hydrogen-bond acceptors (Lipinski definition) is 4. The van der Waals surface area contributed by atoms with Gasteiger partial charge in [0.1, 0.15) is 24.0 Å². The van der Waals surface area contributed by atoms with E-state index in [1.54, 1.807) is 0 Å². The van der Waals surface area contributed by atoms with Crippen molar-refractivity contribution >= 4 is 44.6 Å². The van der Waals surface area contributed by atoms with Crippen LogP contribution < -0.4 is 14.5 Å². The van der Waals surface area contributed by atoms with Gasteiger partial charge in [-0.3, -0.25) is 4.57 Å². The van der Waals surface area contributed by atoms with Crippen molar-refractivity contribution < 1.29 is 4.74 Å². The first-order valence-electron chi connectivity index (χ1n) is 23.7. The molecule has 0 saturated heterocycles. The van der Waals surface area contributed by atoms with Crippen molar-refractivity contribution in [2.24, 2.45) is 0 Å². The molecule has 0 aliphatic carbocycles.